The number of benzene rings is 2. The Labute approximate surface area is 184 Å². The molecule has 3 aromatic rings. The number of rotatable bonds is 5. The number of carbonyl (C=O) groups excluding carboxylic acids is 1. The molecule has 0 bridgehead atoms. The number of nitrogens with zero attached hydrogens (tertiary/aromatic N) is 3. The Morgan fingerprint density at radius 1 is 1.16 bits per heavy atom. The number of aryl methyl sites for hydroxylation is 1. The molecular formula is C20H19ClN4O5S. The molecule has 0 atom stereocenters. The predicted octanol–water partition coefficient (Wildman–Crippen LogP) is 2.97. The zero-order valence-electron chi connectivity index (χ0n) is 16.5. The molecule has 0 spiro atoms. The molecule has 2 heterocycles. The molecular weight excluding hydrogens is 444 g/mol. The van der Waals surface area contributed by atoms with Gasteiger partial charge in [0.05, 0.1) is 28.8 Å². The third-order valence-corrected chi connectivity index (χ3v) is 6.60. The van der Waals surface area contributed by atoms with Crippen LogP contribution in [0.15, 0.2) is 51.9 Å². The number of halogens is 1. The maximum absolute atomic E-state index is 13.0. The SMILES string of the molecule is Cc1ccc(-c2noc(C(=O)N3CCOCC3)n2)cc1S(=O)(=O)Nc1ccccc1Cl. The van der Waals surface area contributed by atoms with Crippen LogP contribution >= 0.6 is 11.6 Å². The molecule has 1 aliphatic rings. The number of sulfonamides is 1. The molecule has 1 N–H and O–H groups in total. The summed E-state index contributed by atoms with van der Waals surface area (Å²) in [5, 5.41) is 4.13. The maximum atomic E-state index is 13.0. The van der Waals surface area contributed by atoms with E-state index in [0.29, 0.717) is 37.4 Å². The zero-order valence-corrected chi connectivity index (χ0v) is 18.1. The third kappa shape index (κ3) is 4.55. The zero-order chi connectivity index (χ0) is 22.0. The Morgan fingerprint density at radius 3 is 2.65 bits per heavy atom. The van der Waals surface area contributed by atoms with Gasteiger partial charge in [0, 0.05) is 18.7 Å². The van der Waals surface area contributed by atoms with Crippen LogP contribution in [-0.2, 0) is 14.8 Å². The minimum atomic E-state index is -3.93. The second-order valence-corrected chi connectivity index (χ2v) is 8.95. The topological polar surface area (TPSA) is 115 Å². The van der Waals surface area contributed by atoms with Crippen molar-refractivity contribution in [3.8, 4) is 11.4 Å². The first kappa shape index (κ1) is 21.3. The predicted molar refractivity (Wildman–Crippen MR) is 113 cm³/mol. The Morgan fingerprint density at radius 2 is 1.90 bits per heavy atom. The summed E-state index contributed by atoms with van der Waals surface area (Å²) in [5.74, 6) is -0.427. The van der Waals surface area contributed by atoms with Gasteiger partial charge in [0.15, 0.2) is 0 Å². The number of carbonyl (C=O) groups is 1. The Hall–Kier alpha value is -2.95. The van der Waals surface area contributed by atoms with E-state index >= 15 is 0 Å². The van der Waals surface area contributed by atoms with Crippen molar-refractivity contribution in [1.29, 1.82) is 0 Å². The van der Waals surface area contributed by atoms with Crippen LogP contribution in [0.25, 0.3) is 11.4 Å². The minimum absolute atomic E-state index is 0.0378. The van der Waals surface area contributed by atoms with Crippen LogP contribution in [0, 0.1) is 6.92 Å². The van der Waals surface area contributed by atoms with Gasteiger partial charge in [0.1, 0.15) is 0 Å². The van der Waals surface area contributed by atoms with Gasteiger partial charge in [-0.25, -0.2) is 8.42 Å². The lowest BCUT2D eigenvalue weighted by Gasteiger charge is -2.25. The number of aromatic nitrogens is 2. The highest BCUT2D eigenvalue weighted by atomic mass is 35.5. The molecule has 162 valence electrons. The van der Waals surface area contributed by atoms with Crippen LogP contribution in [0.3, 0.4) is 0 Å². The van der Waals surface area contributed by atoms with Gasteiger partial charge in [-0.3, -0.25) is 9.52 Å². The van der Waals surface area contributed by atoms with Crippen molar-refractivity contribution in [3.05, 3.63) is 58.9 Å². The van der Waals surface area contributed by atoms with E-state index in [9.17, 15) is 13.2 Å². The van der Waals surface area contributed by atoms with E-state index in [0.717, 1.165) is 0 Å². The summed E-state index contributed by atoms with van der Waals surface area (Å²) in [6, 6.07) is 11.3. The van der Waals surface area contributed by atoms with Crippen molar-refractivity contribution >= 4 is 33.2 Å². The summed E-state index contributed by atoms with van der Waals surface area (Å²) in [4.78, 5) is 18.3. The number of ether oxygens (including phenoxy) is 1. The summed E-state index contributed by atoms with van der Waals surface area (Å²) >= 11 is 6.08. The molecule has 1 aliphatic heterocycles. The third-order valence-electron chi connectivity index (χ3n) is 4.76. The second-order valence-electron chi connectivity index (χ2n) is 6.89. The van der Waals surface area contributed by atoms with Crippen molar-refractivity contribution in [1.82, 2.24) is 15.0 Å². The number of morpholine rings is 1. The van der Waals surface area contributed by atoms with Crippen molar-refractivity contribution in [2.45, 2.75) is 11.8 Å². The molecule has 0 saturated carbocycles. The molecule has 31 heavy (non-hydrogen) atoms. The summed E-state index contributed by atoms with van der Waals surface area (Å²) in [7, 11) is -3.93. The Bertz CT molecular complexity index is 1220. The lowest BCUT2D eigenvalue weighted by molar-refractivity contribution is 0.0272. The van der Waals surface area contributed by atoms with Crippen molar-refractivity contribution in [2.24, 2.45) is 0 Å². The van der Waals surface area contributed by atoms with E-state index in [-0.39, 0.29) is 33.2 Å². The molecule has 1 fully saturated rings. The average molecular weight is 463 g/mol. The molecule has 11 heteroatoms. The first-order chi connectivity index (χ1) is 14.8. The van der Waals surface area contributed by atoms with Crippen LogP contribution in [0.4, 0.5) is 5.69 Å². The quantitative estimate of drug-likeness (QED) is 0.619. The Kier molecular flexibility index (Phi) is 5.94. The van der Waals surface area contributed by atoms with Crippen molar-refractivity contribution in [3.63, 3.8) is 0 Å². The lowest BCUT2D eigenvalue weighted by Crippen LogP contribution is -2.40. The summed E-state index contributed by atoms with van der Waals surface area (Å²) in [6.07, 6.45) is 0. The van der Waals surface area contributed by atoms with E-state index in [1.165, 1.54) is 6.07 Å². The second kappa shape index (κ2) is 8.66. The van der Waals surface area contributed by atoms with Crippen molar-refractivity contribution < 1.29 is 22.5 Å². The number of nitrogens with one attached hydrogen (secondary N) is 1. The standard InChI is InChI=1S/C20H19ClN4O5S/c1-13-6-7-14(12-17(13)31(27,28)24-16-5-3-2-4-15(16)21)18-22-19(30-23-18)20(26)25-8-10-29-11-9-25/h2-7,12,24H,8-11H2,1H3. The van der Waals surface area contributed by atoms with Gasteiger partial charge < -0.3 is 14.2 Å². The van der Waals surface area contributed by atoms with Gasteiger partial charge in [-0.05, 0) is 30.7 Å². The molecule has 0 aliphatic carbocycles. The maximum Gasteiger partial charge on any atom is 0.316 e. The molecule has 0 radical (unpaired) electrons. The van der Waals surface area contributed by atoms with E-state index < -0.39 is 10.0 Å². The average Bonchev–Trinajstić information content (AvgIpc) is 3.26. The van der Waals surface area contributed by atoms with Gasteiger partial charge in [-0.15, -0.1) is 0 Å². The van der Waals surface area contributed by atoms with Crippen LogP contribution in [0.1, 0.15) is 16.2 Å². The van der Waals surface area contributed by atoms with Crippen molar-refractivity contribution in [2.75, 3.05) is 31.0 Å². The summed E-state index contributed by atoms with van der Waals surface area (Å²) in [6.45, 7) is 3.46. The fourth-order valence-electron chi connectivity index (χ4n) is 3.10. The van der Waals surface area contributed by atoms with E-state index in [1.54, 1.807) is 48.2 Å². The number of amides is 1. The number of para-hydroxylation sites is 1. The molecule has 9 nitrogen and oxygen atoms in total. The van der Waals surface area contributed by atoms with Gasteiger partial charge >= 0.3 is 11.8 Å². The molecule has 1 aromatic heterocycles. The monoisotopic (exact) mass is 462 g/mol. The minimum Gasteiger partial charge on any atom is -0.378 e. The van der Waals surface area contributed by atoms with Crippen LogP contribution in [0.5, 0.6) is 0 Å². The van der Waals surface area contributed by atoms with Crippen LogP contribution in [-0.4, -0.2) is 55.7 Å². The molecule has 1 amide bonds. The highest BCUT2D eigenvalue weighted by Gasteiger charge is 2.25. The van der Waals surface area contributed by atoms with Crippen LogP contribution in [0.2, 0.25) is 5.02 Å². The van der Waals surface area contributed by atoms with Gasteiger partial charge in [0.2, 0.25) is 5.82 Å². The highest BCUT2D eigenvalue weighted by molar-refractivity contribution is 7.92. The van der Waals surface area contributed by atoms with E-state index in [4.69, 9.17) is 20.9 Å². The molecule has 1 saturated heterocycles. The first-order valence-electron chi connectivity index (χ1n) is 9.44. The normalized spacial score (nSPS) is 14.5. The molecule has 0 unspecified atom stereocenters. The fraction of sp³-hybridized carbons (Fsp3) is 0.250. The highest BCUT2D eigenvalue weighted by Crippen LogP contribution is 2.28. The van der Waals surface area contributed by atoms with E-state index in [1.807, 2.05) is 0 Å². The first-order valence-corrected chi connectivity index (χ1v) is 11.3. The van der Waals surface area contributed by atoms with E-state index in [2.05, 4.69) is 14.9 Å². The van der Waals surface area contributed by atoms with Crippen LogP contribution < -0.4 is 4.72 Å². The molecule has 4 rings (SSSR count). The smallest absolute Gasteiger partial charge is 0.316 e. The summed E-state index contributed by atoms with van der Waals surface area (Å²) in [5.41, 5.74) is 1.19. The van der Waals surface area contributed by atoms with Gasteiger partial charge in [-0.1, -0.05) is 41.0 Å². The number of hydrogen-bond donors (Lipinski definition) is 1. The largest absolute Gasteiger partial charge is 0.378 e. The molecule has 2 aromatic carbocycles. The number of anilines is 1. The fourth-order valence-corrected chi connectivity index (χ4v) is 4.69. The van der Waals surface area contributed by atoms with Gasteiger partial charge in [-0.2, -0.15) is 4.98 Å². The lowest BCUT2D eigenvalue weighted by atomic mass is 10.1. The number of hydrogen-bond acceptors (Lipinski definition) is 7. The summed E-state index contributed by atoms with van der Waals surface area (Å²) < 4.78 is 38.8. The Balaban J connectivity index is 1.62. The van der Waals surface area contributed by atoms with Gasteiger partial charge in [0.25, 0.3) is 10.0 Å².